The van der Waals surface area contributed by atoms with E-state index in [2.05, 4.69) is 15.0 Å². The quantitative estimate of drug-likeness (QED) is 0.568. The SMILES string of the molecule is c1cn(-c2ccc3ncncc3c2)c(-c2ccc3c(c2)OCO3)n1. The molecule has 0 radical (unpaired) electrons. The first-order valence-corrected chi connectivity index (χ1v) is 7.52. The van der Waals surface area contributed by atoms with Crippen LogP contribution in [-0.2, 0) is 0 Å². The van der Waals surface area contributed by atoms with Crippen molar-refractivity contribution in [2.75, 3.05) is 6.79 Å². The number of aromatic nitrogens is 4. The average molecular weight is 316 g/mol. The minimum Gasteiger partial charge on any atom is -0.454 e. The summed E-state index contributed by atoms with van der Waals surface area (Å²) in [4.78, 5) is 12.8. The van der Waals surface area contributed by atoms with Gasteiger partial charge >= 0.3 is 0 Å². The third-order valence-corrected chi connectivity index (χ3v) is 4.04. The van der Waals surface area contributed by atoms with Gasteiger partial charge < -0.3 is 9.47 Å². The zero-order chi connectivity index (χ0) is 15.9. The van der Waals surface area contributed by atoms with E-state index in [1.54, 1.807) is 12.5 Å². The largest absolute Gasteiger partial charge is 0.454 e. The van der Waals surface area contributed by atoms with Gasteiger partial charge in [-0.3, -0.25) is 4.57 Å². The van der Waals surface area contributed by atoms with Crippen LogP contribution in [0.25, 0.3) is 28.0 Å². The molecule has 0 fully saturated rings. The monoisotopic (exact) mass is 316 g/mol. The molecule has 3 heterocycles. The molecule has 0 spiro atoms. The molecule has 116 valence electrons. The molecule has 6 nitrogen and oxygen atoms in total. The van der Waals surface area contributed by atoms with Crippen LogP contribution in [0.1, 0.15) is 0 Å². The van der Waals surface area contributed by atoms with Gasteiger partial charge in [0.15, 0.2) is 11.5 Å². The van der Waals surface area contributed by atoms with Gasteiger partial charge in [0.1, 0.15) is 12.2 Å². The van der Waals surface area contributed by atoms with Gasteiger partial charge in [0.25, 0.3) is 0 Å². The molecular weight excluding hydrogens is 304 g/mol. The number of hydrogen-bond donors (Lipinski definition) is 0. The van der Waals surface area contributed by atoms with E-state index in [0.29, 0.717) is 0 Å². The van der Waals surface area contributed by atoms with E-state index >= 15 is 0 Å². The van der Waals surface area contributed by atoms with Crippen LogP contribution in [0.2, 0.25) is 0 Å². The van der Waals surface area contributed by atoms with Crippen LogP contribution >= 0.6 is 0 Å². The lowest BCUT2D eigenvalue weighted by molar-refractivity contribution is 0.174. The Balaban J connectivity index is 1.64. The molecule has 0 atom stereocenters. The summed E-state index contributed by atoms with van der Waals surface area (Å²) in [5.74, 6) is 2.35. The lowest BCUT2D eigenvalue weighted by Gasteiger charge is -2.09. The molecule has 1 aliphatic rings. The first-order valence-electron chi connectivity index (χ1n) is 7.52. The van der Waals surface area contributed by atoms with Crippen molar-refractivity contribution in [3.63, 3.8) is 0 Å². The summed E-state index contributed by atoms with van der Waals surface area (Å²) < 4.78 is 12.9. The van der Waals surface area contributed by atoms with Crippen LogP contribution in [-0.4, -0.2) is 26.3 Å². The lowest BCUT2D eigenvalue weighted by atomic mass is 10.1. The molecule has 2 aromatic heterocycles. The Morgan fingerprint density at radius 1 is 0.958 bits per heavy atom. The van der Waals surface area contributed by atoms with Crippen LogP contribution in [0, 0.1) is 0 Å². The summed E-state index contributed by atoms with van der Waals surface area (Å²) >= 11 is 0. The number of fused-ring (bicyclic) bond motifs is 2. The Labute approximate surface area is 137 Å². The third-order valence-electron chi connectivity index (χ3n) is 4.04. The van der Waals surface area contributed by atoms with E-state index < -0.39 is 0 Å². The number of rotatable bonds is 2. The Kier molecular flexibility index (Phi) is 2.75. The van der Waals surface area contributed by atoms with E-state index in [9.17, 15) is 0 Å². The zero-order valence-electron chi connectivity index (χ0n) is 12.6. The van der Waals surface area contributed by atoms with Crippen molar-refractivity contribution in [2.45, 2.75) is 0 Å². The van der Waals surface area contributed by atoms with Gasteiger partial charge in [-0.25, -0.2) is 15.0 Å². The summed E-state index contributed by atoms with van der Waals surface area (Å²) in [7, 11) is 0. The number of benzene rings is 2. The number of hydrogen-bond acceptors (Lipinski definition) is 5. The van der Waals surface area contributed by atoms with Crippen LogP contribution < -0.4 is 9.47 Å². The molecule has 0 saturated carbocycles. The fourth-order valence-electron chi connectivity index (χ4n) is 2.88. The van der Waals surface area contributed by atoms with Gasteiger partial charge in [-0.2, -0.15) is 0 Å². The maximum absolute atomic E-state index is 5.46. The fourth-order valence-corrected chi connectivity index (χ4v) is 2.88. The van der Waals surface area contributed by atoms with Crippen LogP contribution in [0.15, 0.2) is 61.3 Å². The Bertz CT molecular complexity index is 1060. The summed E-state index contributed by atoms with van der Waals surface area (Å²) in [5.41, 5.74) is 2.88. The highest BCUT2D eigenvalue weighted by Crippen LogP contribution is 2.36. The molecular formula is C18H12N4O2. The average Bonchev–Trinajstić information content (AvgIpc) is 3.29. The van der Waals surface area contributed by atoms with Crippen molar-refractivity contribution >= 4 is 10.9 Å². The molecule has 4 aromatic rings. The fraction of sp³-hybridized carbons (Fsp3) is 0.0556. The normalized spacial score (nSPS) is 12.7. The molecule has 0 N–H and O–H groups in total. The van der Waals surface area contributed by atoms with Crippen molar-refractivity contribution in [2.24, 2.45) is 0 Å². The van der Waals surface area contributed by atoms with Gasteiger partial charge in [-0.05, 0) is 36.4 Å². The second-order valence-corrected chi connectivity index (χ2v) is 5.45. The van der Waals surface area contributed by atoms with E-state index in [4.69, 9.17) is 9.47 Å². The standard InChI is InChI=1S/C18H12N4O2/c1-4-16-17(24-11-23-16)8-12(1)18-20-5-6-22(18)14-2-3-15-13(7-14)9-19-10-21-15/h1-10H,11H2. The summed E-state index contributed by atoms with van der Waals surface area (Å²) in [5, 5.41) is 0.986. The number of imidazole rings is 1. The molecule has 0 unspecified atom stereocenters. The third kappa shape index (κ3) is 2.00. The van der Waals surface area contributed by atoms with E-state index in [-0.39, 0.29) is 6.79 Å². The maximum atomic E-state index is 5.46. The molecule has 24 heavy (non-hydrogen) atoms. The number of ether oxygens (including phenoxy) is 2. The predicted octanol–water partition coefficient (Wildman–Crippen LogP) is 3.21. The van der Waals surface area contributed by atoms with Crippen molar-refractivity contribution in [1.29, 1.82) is 0 Å². The highest BCUT2D eigenvalue weighted by Gasteiger charge is 2.16. The van der Waals surface area contributed by atoms with Crippen molar-refractivity contribution < 1.29 is 9.47 Å². The van der Waals surface area contributed by atoms with Gasteiger partial charge in [-0.15, -0.1) is 0 Å². The number of nitrogens with zero attached hydrogens (tertiary/aromatic N) is 4. The van der Waals surface area contributed by atoms with Gasteiger partial charge in [0.05, 0.1) is 5.52 Å². The minimum absolute atomic E-state index is 0.262. The predicted molar refractivity (Wildman–Crippen MR) is 88.2 cm³/mol. The van der Waals surface area contributed by atoms with Gasteiger partial charge in [0, 0.05) is 35.2 Å². The van der Waals surface area contributed by atoms with Gasteiger partial charge in [-0.1, -0.05) is 0 Å². The smallest absolute Gasteiger partial charge is 0.231 e. The molecule has 0 amide bonds. The highest BCUT2D eigenvalue weighted by molar-refractivity contribution is 5.80. The Morgan fingerprint density at radius 2 is 1.92 bits per heavy atom. The van der Waals surface area contributed by atoms with E-state index in [0.717, 1.165) is 39.5 Å². The molecule has 0 bridgehead atoms. The second-order valence-electron chi connectivity index (χ2n) is 5.45. The van der Waals surface area contributed by atoms with E-state index in [1.165, 1.54) is 0 Å². The second kappa shape index (κ2) is 5.06. The van der Waals surface area contributed by atoms with Crippen molar-refractivity contribution in [3.05, 3.63) is 61.3 Å². The molecule has 0 aliphatic carbocycles. The molecule has 6 heteroatoms. The lowest BCUT2D eigenvalue weighted by Crippen LogP contribution is -1.97. The summed E-state index contributed by atoms with van der Waals surface area (Å²) in [6.07, 6.45) is 7.08. The van der Waals surface area contributed by atoms with Crippen molar-refractivity contribution in [3.8, 4) is 28.6 Å². The Morgan fingerprint density at radius 3 is 2.92 bits per heavy atom. The Hall–Kier alpha value is -3.41. The van der Waals surface area contributed by atoms with Crippen molar-refractivity contribution in [1.82, 2.24) is 19.5 Å². The maximum Gasteiger partial charge on any atom is 0.231 e. The van der Waals surface area contributed by atoms with Gasteiger partial charge in [0.2, 0.25) is 6.79 Å². The molecule has 0 saturated heterocycles. The first-order chi connectivity index (χ1) is 11.9. The molecule has 5 rings (SSSR count). The summed E-state index contributed by atoms with van der Waals surface area (Å²) in [6, 6.07) is 11.9. The highest BCUT2D eigenvalue weighted by atomic mass is 16.7. The zero-order valence-corrected chi connectivity index (χ0v) is 12.6. The molecule has 1 aliphatic heterocycles. The molecule has 2 aromatic carbocycles. The van der Waals surface area contributed by atoms with Crippen LogP contribution in [0.4, 0.5) is 0 Å². The van der Waals surface area contributed by atoms with Crippen LogP contribution in [0.5, 0.6) is 11.5 Å². The van der Waals surface area contributed by atoms with Crippen LogP contribution in [0.3, 0.4) is 0 Å². The summed E-state index contributed by atoms with van der Waals surface area (Å²) in [6.45, 7) is 0.262. The first kappa shape index (κ1) is 13.1. The van der Waals surface area contributed by atoms with E-state index in [1.807, 2.05) is 53.4 Å². The topological polar surface area (TPSA) is 62.1 Å². The minimum atomic E-state index is 0.262.